The first-order valence-electron chi connectivity index (χ1n) is 3.27. The summed E-state index contributed by atoms with van der Waals surface area (Å²) in [5.41, 5.74) is 7.89. The van der Waals surface area contributed by atoms with Gasteiger partial charge in [-0.25, -0.2) is 0 Å². The van der Waals surface area contributed by atoms with Crippen LogP contribution in [0.4, 0.5) is 0 Å². The molecule has 0 spiro atoms. The van der Waals surface area contributed by atoms with E-state index < -0.39 is 5.91 Å². The van der Waals surface area contributed by atoms with Gasteiger partial charge in [0.25, 0.3) is 0 Å². The van der Waals surface area contributed by atoms with E-state index in [0.717, 1.165) is 0 Å². The van der Waals surface area contributed by atoms with Gasteiger partial charge in [0.2, 0.25) is 5.91 Å². The van der Waals surface area contributed by atoms with E-state index in [1.165, 1.54) is 0 Å². The van der Waals surface area contributed by atoms with Crippen molar-refractivity contribution in [3.63, 3.8) is 0 Å². The molecule has 0 aromatic rings. The molecule has 1 atom stereocenters. The molecule has 0 bridgehead atoms. The van der Waals surface area contributed by atoms with E-state index in [1.54, 1.807) is 7.11 Å². The first-order valence-corrected chi connectivity index (χ1v) is 3.27. The van der Waals surface area contributed by atoms with Gasteiger partial charge in [-0.15, -0.1) is 0 Å². The van der Waals surface area contributed by atoms with Gasteiger partial charge in [-0.3, -0.25) is 4.79 Å². The number of carbonyl (C=O) groups is 1. The molecule has 0 saturated carbocycles. The van der Waals surface area contributed by atoms with Gasteiger partial charge in [0.15, 0.2) is 0 Å². The summed E-state index contributed by atoms with van der Waals surface area (Å²) in [5.74, 6) is -0.324. The van der Waals surface area contributed by atoms with Crippen LogP contribution >= 0.6 is 0 Å². The third kappa shape index (κ3) is 5.39. The van der Waals surface area contributed by atoms with Gasteiger partial charge >= 0.3 is 0 Å². The van der Waals surface area contributed by atoms with Crippen LogP contribution in [-0.4, -0.2) is 19.6 Å². The molecule has 1 unspecified atom stereocenters. The molecular weight excluding hydrogens is 146 g/mol. The van der Waals surface area contributed by atoms with Gasteiger partial charge < -0.3 is 4.74 Å². The zero-order chi connectivity index (χ0) is 8.69. The van der Waals surface area contributed by atoms with Gasteiger partial charge in [-0.2, -0.15) is 0 Å². The second-order valence-electron chi connectivity index (χ2n) is 2.35. The van der Waals surface area contributed by atoms with Crippen molar-refractivity contribution in [3.8, 4) is 0 Å². The summed E-state index contributed by atoms with van der Waals surface area (Å²) in [6.07, 6.45) is 0.248. The highest BCUT2D eigenvalue weighted by Gasteiger charge is 2.06. The number of hydrogen-bond acceptors (Lipinski definition) is 2. The minimum atomic E-state index is -0.433. The van der Waals surface area contributed by atoms with Crippen LogP contribution in [0.5, 0.6) is 0 Å². The molecule has 0 fully saturated rings. The van der Waals surface area contributed by atoms with Crippen molar-refractivity contribution in [3.05, 3.63) is 10.4 Å². The maximum atomic E-state index is 10.7. The molecule has 0 radical (unpaired) electrons. The quantitative estimate of drug-likeness (QED) is 0.352. The molecule has 0 heterocycles. The average Bonchev–Trinajstić information content (AvgIpc) is 1.87. The Labute approximate surface area is 65.0 Å². The van der Waals surface area contributed by atoms with Gasteiger partial charge in [-0.1, -0.05) is 6.92 Å². The SMILES string of the molecule is COCC(C)CC(=O)N=[N+]=[N-]. The Morgan fingerprint density at radius 2 is 2.45 bits per heavy atom. The van der Waals surface area contributed by atoms with Crippen LogP contribution in [0, 0.1) is 5.92 Å². The maximum absolute atomic E-state index is 10.7. The molecular formula is C6H11N3O2. The molecule has 0 aliphatic rings. The van der Waals surface area contributed by atoms with E-state index in [2.05, 4.69) is 10.0 Å². The van der Waals surface area contributed by atoms with Crippen molar-refractivity contribution in [2.24, 2.45) is 11.0 Å². The van der Waals surface area contributed by atoms with Gasteiger partial charge in [0.05, 0.1) is 0 Å². The predicted molar refractivity (Wildman–Crippen MR) is 39.8 cm³/mol. The lowest BCUT2D eigenvalue weighted by molar-refractivity contribution is -0.119. The van der Waals surface area contributed by atoms with Crippen LogP contribution in [0.3, 0.4) is 0 Å². The lowest BCUT2D eigenvalue weighted by Gasteiger charge is -2.05. The first kappa shape index (κ1) is 9.94. The van der Waals surface area contributed by atoms with Crippen LogP contribution in [0.1, 0.15) is 13.3 Å². The zero-order valence-corrected chi connectivity index (χ0v) is 6.65. The molecule has 5 nitrogen and oxygen atoms in total. The molecule has 0 saturated heterocycles. The first-order chi connectivity index (χ1) is 5.20. The fourth-order valence-corrected chi connectivity index (χ4v) is 0.732. The number of ether oxygens (including phenoxy) is 1. The Morgan fingerprint density at radius 1 is 1.82 bits per heavy atom. The van der Waals surface area contributed by atoms with E-state index in [-0.39, 0.29) is 12.3 Å². The third-order valence-electron chi connectivity index (χ3n) is 1.13. The molecule has 1 amide bonds. The molecule has 0 aliphatic carbocycles. The number of amides is 1. The maximum Gasteiger partial charge on any atom is 0.219 e. The van der Waals surface area contributed by atoms with Crippen LogP contribution in [0.2, 0.25) is 0 Å². The Morgan fingerprint density at radius 3 is 2.91 bits per heavy atom. The second-order valence-corrected chi connectivity index (χ2v) is 2.35. The molecule has 0 N–H and O–H groups in total. The fourth-order valence-electron chi connectivity index (χ4n) is 0.732. The minimum Gasteiger partial charge on any atom is -0.384 e. The Balaban J connectivity index is 3.65. The molecule has 11 heavy (non-hydrogen) atoms. The molecule has 0 rings (SSSR count). The van der Waals surface area contributed by atoms with Crippen molar-refractivity contribution >= 4 is 5.91 Å². The number of methoxy groups -OCH3 is 1. The number of rotatable bonds is 4. The van der Waals surface area contributed by atoms with Crippen LogP contribution in [0.25, 0.3) is 10.4 Å². The van der Waals surface area contributed by atoms with Crippen molar-refractivity contribution in [1.82, 2.24) is 0 Å². The molecule has 0 aliphatic heterocycles. The Kier molecular flexibility index (Phi) is 5.15. The third-order valence-corrected chi connectivity index (χ3v) is 1.13. The molecule has 0 aromatic carbocycles. The molecule has 62 valence electrons. The standard InChI is InChI=1S/C6H11N3O2/c1-5(4-11-2)3-6(10)8-9-7/h5H,3-4H2,1-2H3. The predicted octanol–water partition coefficient (Wildman–Crippen LogP) is 1.50. The zero-order valence-electron chi connectivity index (χ0n) is 6.65. The number of carbonyl (C=O) groups excluding carboxylic acids is 1. The summed E-state index contributed by atoms with van der Waals surface area (Å²) in [6.45, 7) is 2.36. The summed E-state index contributed by atoms with van der Waals surface area (Å²) in [7, 11) is 1.56. The topological polar surface area (TPSA) is 75.1 Å². The highest BCUT2D eigenvalue weighted by atomic mass is 16.5. The van der Waals surface area contributed by atoms with E-state index in [4.69, 9.17) is 10.3 Å². The number of hydrogen-bond donors (Lipinski definition) is 0. The highest BCUT2D eigenvalue weighted by molar-refractivity contribution is 5.76. The van der Waals surface area contributed by atoms with E-state index in [9.17, 15) is 4.79 Å². The second kappa shape index (κ2) is 5.70. The lowest BCUT2D eigenvalue weighted by Crippen LogP contribution is -2.08. The largest absolute Gasteiger partial charge is 0.384 e. The van der Waals surface area contributed by atoms with Crippen molar-refractivity contribution in [2.45, 2.75) is 13.3 Å². The van der Waals surface area contributed by atoms with Crippen molar-refractivity contribution in [2.75, 3.05) is 13.7 Å². The summed E-state index contributed by atoms with van der Waals surface area (Å²) in [5, 5.41) is 2.93. The Hall–Kier alpha value is -1.06. The lowest BCUT2D eigenvalue weighted by atomic mass is 10.1. The highest BCUT2D eigenvalue weighted by Crippen LogP contribution is 2.02. The number of azide groups is 1. The summed E-state index contributed by atoms with van der Waals surface area (Å²) < 4.78 is 4.80. The van der Waals surface area contributed by atoms with Crippen molar-refractivity contribution < 1.29 is 9.53 Å². The van der Waals surface area contributed by atoms with Crippen LogP contribution < -0.4 is 0 Å². The van der Waals surface area contributed by atoms with Crippen LogP contribution in [0.15, 0.2) is 5.11 Å². The summed E-state index contributed by atoms with van der Waals surface area (Å²) in [6, 6.07) is 0. The minimum absolute atomic E-state index is 0.109. The Bertz CT molecular complexity index is 175. The van der Waals surface area contributed by atoms with Crippen molar-refractivity contribution in [1.29, 1.82) is 0 Å². The van der Waals surface area contributed by atoms with Gasteiger partial charge in [-0.05, 0) is 16.6 Å². The van der Waals surface area contributed by atoms with E-state index in [1.807, 2.05) is 6.92 Å². The monoisotopic (exact) mass is 157 g/mol. The fraction of sp³-hybridized carbons (Fsp3) is 0.833. The summed E-state index contributed by atoms with van der Waals surface area (Å²) >= 11 is 0. The van der Waals surface area contributed by atoms with Crippen LogP contribution in [-0.2, 0) is 9.53 Å². The van der Waals surface area contributed by atoms with Gasteiger partial charge in [0.1, 0.15) is 0 Å². The molecule has 5 heteroatoms. The van der Waals surface area contributed by atoms with E-state index >= 15 is 0 Å². The van der Waals surface area contributed by atoms with Gasteiger partial charge in [0, 0.05) is 25.0 Å². The normalized spacial score (nSPS) is 11.8. The average molecular weight is 157 g/mol. The number of nitrogens with zero attached hydrogens (tertiary/aromatic N) is 3. The van der Waals surface area contributed by atoms with E-state index in [0.29, 0.717) is 6.61 Å². The smallest absolute Gasteiger partial charge is 0.219 e. The molecule has 0 aromatic heterocycles. The summed E-state index contributed by atoms with van der Waals surface area (Å²) in [4.78, 5) is 13.0.